The van der Waals surface area contributed by atoms with Gasteiger partial charge in [-0.3, -0.25) is 9.59 Å². The van der Waals surface area contributed by atoms with Crippen molar-refractivity contribution in [2.45, 2.75) is 81.8 Å². The summed E-state index contributed by atoms with van der Waals surface area (Å²) in [6, 6.07) is 12.4. The van der Waals surface area contributed by atoms with E-state index in [-0.39, 0.29) is 29.5 Å². The number of carbonyl (C=O) groups is 2. The van der Waals surface area contributed by atoms with Gasteiger partial charge < -0.3 is 19.1 Å². The summed E-state index contributed by atoms with van der Waals surface area (Å²) < 4.78 is 36.4. The normalized spacial score (nSPS) is 27.3. The molecule has 250 valence electrons. The van der Waals surface area contributed by atoms with Crippen LogP contribution in [-0.2, 0) is 21.5 Å². The van der Waals surface area contributed by atoms with Crippen LogP contribution in [0.1, 0.15) is 84.7 Å². The molecule has 2 amide bonds. The first kappa shape index (κ1) is 30.9. The summed E-state index contributed by atoms with van der Waals surface area (Å²) in [4.78, 5) is 33.0. The van der Waals surface area contributed by atoms with Gasteiger partial charge in [0.25, 0.3) is 5.91 Å². The minimum absolute atomic E-state index is 0.0741. The van der Waals surface area contributed by atoms with Crippen molar-refractivity contribution in [1.82, 2.24) is 23.4 Å². The predicted molar refractivity (Wildman–Crippen MR) is 181 cm³/mol. The maximum atomic E-state index is 15.0. The number of methoxy groups -OCH3 is 1. The molecule has 1 aromatic heterocycles. The number of hydrogen-bond acceptors (Lipinski definition) is 6. The molecular formula is C36H45N5O5S. The lowest BCUT2D eigenvalue weighted by molar-refractivity contribution is -0.143. The molecule has 11 heteroatoms. The summed E-state index contributed by atoms with van der Waals surface area (Å²) >= 11 is 0. The standard InChI is InChI=1S/C36H45N5O5S/c1-38(2)47(44,45)37-34(42)23-10-14-28-31(16-23)40-21-36(35(43)41-24-11-12-25(41)20-39(3)19-24)18-30(36)29-17-26(46-4)13-15-27(29)33(40)32(28)22-8-6-5-7-9-22/h10,13-17,22,24-25,30H,5-9,11-12,18-21H2,1-4H3,(H,37,42)/t24-,25+,30?,36?. The van der Waals surface area contributed by atoms with E-state index in [1.54, 1.807) is 13.2 Å². The van der Waals surface area contributed by atoms with Gasteiger partial charge in [0.2, 0.25) is 5.91 Å². The molecule has 5 aliphatic rings. The fraction of sp³-hybridized carbons (Fsp3) is 0.556. The van der Waals surface area contributed by atoms with E-state index in [9.17, 15) is 18.0 Å². The highest BCUT2D eigenvalue weighted by molar-refractivity contribution is 7.87. The second-order valence-corrected chi connectivity index (χ2v) is 16.7. The Morgan fingerprint density at radius 1 is 0.979 bits per heavy atom. The number of nitrogens with zero attached hydrogens (tertiary/aromatic N) is 4. The number of benzene rings is 2. The Kier molecular flexibility index (Phi) is 7.27. The fourth-order valence-corrected chi connectivity index (χ4v) is 9.93. The van der Waals surface area contributed by atoms with Crippen molar-refractivity contribution in [2.75, 3.05) is 41.3 Å². The highest BCUT2D eigenvalue weighted by atomic mass is 32.2. The number of nitrogens with one attached hydrogen (secondary N) is 1. The number of rotatable bonds is 6. The van der Waals surface area contributed by atoms with Crippen LogP contribution in [0.5, 0.6) is 5.75 Å². The number of aromatic nitrogens is 1. The molecule has 2 aliphatic carbocycles. The Balaban J connectivity index is 1.32. The topological polar surface area (TPSA) is 104 Å². The molecule has 4 atom stereocenters. The summed E-state index contributed by atoms with van der Waals surface area (Å²) in [7, 11) is 2.67. The Bertz CT molecular complexity index is 1880. The second kappa shape index (κ2) is 11.1. The van der Waals surface area contributed by atoms with Crippen LogP contribution in [-0.4, -0.2) is 92.3 Å². The number of amides is 2. The molecular weight excluding hydrogens is 614 g/mol. The number of fused-ring (bicyclic) bond motifs is 9. The average molecular weight is 660 g/mol. The third kappa shape index (κ3) is 4.83. The van der Waals surface area contributed by atoms with Crippen molar-refractivity contribution < 1.29 is 22.7 Å². The zero-order valence-electron chi connectivity index (χ0n) is 27.8. The van der Waals surface area contributed by atoms with E-state index in [2.05, 4.69) is 38.3 Å². The van der Waals surface area contributed by atoms with Gasteiger partial charge >= 0.3 is 10.2 Å². The van der Waals surface area contributed by atoms with Crippen molar-refractivity contribution in [2.24, 2.45) is 5.41 Å². The number of hydrogen-bond donors (Lipinski definition) is 1. The monoisotopic (exact) mass is 659 g/mol. The van der Waals surface area contributed by atoms with Gasteiger partial charge in [-0.25, -0.2) is 4.72 Å². The molecule has 10 nitrogen and oxygen atoms in total. The van der Waals surface area contributed by atoms with Gasteiger partial charge in [0.1, 0.15) is 5.75 Å². The van der Waals surface area contributed by atoms with Gasteiger partial charge in [0.05, 0.1) is 18.2 Å². The second-order valence-electron chi connectivity index (χ2n) is 14.8. The minimum atomic E-state index is -3.96. The molecule has 3 aliphatic heterocycles. The fourth-order valence-electron chi connectivity index (χ4n) is 9.39. The molecule has 8 rings (SSSR count). The summed E-state index contributed by atoms with van der Waals surface area (Å²) in [6.07, 6.45) is 8.64. The number of likely N-dealkylation sites (N-methyl/N-ethyl adjacent to an activating group) is 1. The molecule has 4 fully saturated rings. The molecule has 2 saturated heterocycles. The van der Waals surface area contributed by atoms with Crippen LogP contribution < -0.4 is 9.46 Å². The molecule has 47 heavy (non-hydrogen) atoms. The van der Waals surface area contributed by atoms with E-state index in [0.29, 0.717) is 12.5 Å². The van der Waals surface area contributed by atoms with Gasteiger partial charge in [-0.1, -0.05) is 25.3 Å². The SMILES string of the molecule is COc1ccc2c(c1)C1CC1(C(=O)N1[C@@H]3CC[C@H]1CN(C)C3)Cn1c-2c(C2CCCCC2)c2ccc(C(=O)NS(=O)(=O)N(C)C)cc21. The van der Waals surface area contributed by atoms with E-state index in [1.165, 1.54) is 44.5 Å². The van der Waals surface area contributed by atoms with Crippen molar-refractivity contribution in [1.29, 1.82) is 0 Å². The van der Waals surface area contributed by atoms with Crippen molar-refractivity contribution in [3.8, 4) is 17.0 Å². The van der Waals surface area contributed by atoms with Crippen molar-refractivity contribution in [3.63, 3.8) is 0 Å². The van der Waals surface area contributed by atoms with Crippen molar-refractivity contribution >= 4 is 32.9 Å². The lowest BCUT2D eigenvalue weighted by Gasteiger charge is -2.41. The predicted octanol–water partition coefficient (Wildman–Crippen LogP) is 4.69. The van der Waals surface area contributed by atoms with Gasteiger partial charge in [-0.2, -0.15) is 12.7 Å². The van der Waals surface area contributed by atoms with E-state index in [4.69, 9.17) is 4.74 Å². The van der Waals surface area contributed by atoms with Gasteiger partial charge in [0, 0.05) is 73.8 Å². The Hall–Kier alpha value is -3.41. The van der Waals surface area contributed by atoms with Crippen LogP contribution in [0.2, 0.25) is 0 Å². The van der Waals surface area contributed by atoms with E-state index in [1.807, 2.05) is 18.2 Å². The molecule has 1 N–H and O–H groups in total. The van der Waals surface area contributed by atoms with Crippen LogP contribution in [0, 0.1) is 5.41 Å². The Morgan fingerprint density at radius 2 is 1.70 bits per heavy atom. The molecule has 0 radical (unpaired) electrons. The largest absolute Gasteiger partial charge is 0.497 e. The van der Waals surface area contributed by atoms with Crippen LogP contribution in [0.25, 0.3) is 22.2 Å². The maximum Gasteiger partial charge on any atom is 0.303 e. The zero-order chi connectivity index (χ0) is 32.8. The van der Waals surface area contributed by atoms with Crippen LogP contribution in [0.3, 0.4) is 0 Å². The van der Waals surface area contributed by atoms with Gasteiger partial charge in [-0.05, 0) is 86.5 Å². The highest BCUT2D eigenvalue weighted by Gasteiger charge is 2.65. The first-order chi connectivity index (χ1) is 22.5. The smallest absolute Gasteiger partial charge is 0.303 e. The first-order valence-electron chi connectivity index (χ1n) is 17.1. The number of piperazine rings is 1. The number of ether oxygens (including phenoxy) is 1. The van der Waals surface area contributed by atoms with E-state index in [0.717, 1.165) is 77.4 Å². The Morgan fingerprint density at radius 3 is 2.38 bits per heavy atom. The molecule has 3 aromatic rings. The lowest BCUT2D eigenvalue weighted by atomic mass is 9.81. The third-order valence-corrected chi connectivity index (χ3v) is 13.2. The number of likely N-dealkylation sites (tertiary alicyclic amines) is 1. The van der Waals surface area contributed by atoms with E-state index >= 15 is 0 Å². The zero-order valence-corrected chi connectivity index (χ0v) is 28.6. The van der Waals surface area contributed by atoms with Crippen LogP contribution in [0.15, 0.2) is 36.4 Å². The summed E-state index contributed by atoms with van der Waals surface area (Å²) in [5, 5.41) is 1.09. The summed E-state index contributed by atoms with van der Waals surface area (Å²) in [6.45, 7) is 2.34. The molecule has 0 spiro atoms. The van der Waals surface area contributed by atoms with E-state index < -0.39 is 21.5 Å². The maximum absolute atomic E-state index is 15.0. The molecule has 2 saturated carbocycles. The molecule has 4 heterocycles. The average Bonchev–Trinajstić information content (AvgIpc) is 3.64. The van der Waals surface area contributed by atoms with Gasteiger partial charge in [0.15, 0.2) is 0 Å². The molecule has 2 unspecified atom stereocenters. The summed E-state index contributed by atoms with van der Waals surface area (Å²) in [5.74, 6) is 0.822. The lowest BCUT2D eigenvalue weighted by Crippen LogP contribution is -2.57. The minimum Gasteiger partial charge on any atom is -0.497 e. The molecule has 2 aromatic carbocycles. The highest BCUT2D eigenvalue weighted by Crippen LogP contribution is 2.66. The summed E-state index contributed by atoms with van der Waals surface area (Å²) in [5.41, 5.74) is 5.33. The van der Waals surface area contributed by atoms with Crippen LogP contribution in [0.4, 0.5) is 0 Å². The quantitative estimate of drug-likeness (QED) is 0.412. The van der Waals surface area contributed by atoms with Gasteiger partial charge in [-0.15, -0.1) is 0 Å². The first-order valence-corrected chi connectivity index (χ1v) is 18.6. The van der Waals surface area contributed by atoms with Crippen LogP contribution >= 0.6 is 0 Å². The molecule has 2 bridgehead atoms. The third-order valence-electron chi connectivity index (χ3n) is 11.8. The van der Waals surface area contributed by atoms with Crippen molar-refractivity contribution in [3.05, 3.63) is 53.1 Å². The number of carbonyl (C=O) groups excluding carboxylic acids is 2. The Labute approximate surface area is 277 Å².